The minimum atomic E-state index is -3.59. The Morgan fingerprint density at radius 3 is 2.94 bits per heavy atom. The van der Waals surface area contributed by atoms with E-state index >= 15 is 0 Å². The van der Waals surface area contributed by atoms with Gasteiger partial charge in [-0.1, -0.05) is 17.7 Å². The van der Waals surface area contributed by atoms with E-state index in [-0.39, 0.29) is 18.4 Å². The fraction of sp³-hybridized carbons (Fsp3) is 0.273. The number of halogens is 1. The number of thiophene rings is 1. The predicted molar refractivity (Wildman–Crippen MR) is 125 cm³/mol. The number of aliphatic imine (C=N–C) groups is 1. The molecule has 0 amide bonds. The molecule has 4 rings (SSSR count). The van der Waals surface area contributed by atoms with E-state index in [0.29, 0.717) is 35.0 Å². The molecule has 31 heavy (non-hydrogen) atoms. The molecule has 2 aliphatic rings. The average molecular weight is 477 g/mol. The highest BCUT2D eigenvalue weighted by atomic mass is 35.5. The van der Waals surface area contributed by atoms with Gasteiger partial charge in [0, 0.05) is 41.4 Å². The first-order valence-electron chi connectivity index (χ1n) is 9.76. The highest BCUT2D eigenvalue weighted by molar-refractivity contribution is 7.92. The van der Waals surface area contributed by atoms with Crippen molar-refractivity contribution >= 4 is 45.0 Å². The molecule has 0 spiro atoms. The summed E-state index contributed by atoms with van der Waals surface area (Å²) >= 11 is 7.85. The van der Waals surface area contributed by atoms with Gasteiger partial charge in [-0.2, -0.15) is 0 Å². The molecule has 3 heterocycles. The Morgan fingerprint density at radius 1 is 1.39 bits per heavy atom. The summed E-state index contributed by atoms with van der Waals surface area (Å²) in [5.41, 5.74) is 2.71. The van der Waals surface area contributed by atoms with Gasteiger partial charge in [-0.15, -0.1) is 11.3 Å². The van der Waals surface area contributed by atoms with Crippen LogP contribution in [0, 0.1) is 0 Å². The number of allylic oxidation sites excluding steroid dienone is 1. The number of ether oxygens (including phenoxy) is 1. The molecule has 2 aliphatic heterocycles. The Kier molecular flexibility index (Phi) is 6.43. The number of hydrogen-bond donors (Lipinski definition) is 1. The summed E-state index contributed by atoms with van der Waals surface area (Å²) in [4.78, 5) is 17.3. The molecule has 1 aromatic heterocycles. The van der Waals surface area contributed by atoms with Gasteiger partial charge < -0.3 is 4.74 Å². The number of ketones is 1. The van der Waals surface area contributed by atoms with E-state index in [2.05, 4.69) is 9.71 Å². The minimum Gasteiger partial charge on any atom is -0.487 e. The van der Waals surface area contributed by atoms with Crippen molar-refractivity contribution in [1.29, 1.82) is 0 Å². The average Bonchev–Trinajstić information content (AvgIpc) is 3.39. The standard InChI is InChI=1S/C22H21ClN2O4S2/c1-14(26)20-4-5-21(30-20)16-9-17-10-18(29-22(17)19(23)11-16)13-25-31(27,28)8-6-15-3-2-7-24-12-15/h3-9,11,18,25H,2,10,12-13H2,1H3/b8-6+. The largest absolute Gasteiger partial charge is 0.487 e. The molecule has 0 fully saturated rings. The highest BCUT2D eigenvalue weighted by Gasteiger charge is 2.27. The maximum Gasteiger partial charge on any atom is 0.233 e. The quantitative estimate of drug-likeness (QED) is 0.600. The number of benzene rings is 1. The van der Waals surface area contributed by atoms with E-state index in [4.69, 9.17) is 16.3 Å². The lowest BCUT2D eigenvalue weighted by Crippen LogP contribution is -2.33. The van der Waals surface area contributed by atoms with Crippen molar-refractivity contribution in [3.8, 4) is 16.2 Å². The van der Waals surface area contributed by atoms with Crippen molar-refractivity contribution in [2.24, 2.45) is 4.99 Å². The summed E-state index contributed by atoms with van der Waals surface area (Å²) < 4.78 is 33.1. The number of nitrogens with zero attached hydrogens (tertiary/aromatic N) is 1. The highest BCUT2D eigenvalue weighted by Crippen LogP contribution is 2.41. The third-order valence-corrected chi connectivity index (χ3v) is 7.53. The van der Waals surface area contributed by atoms with Gasteiger partial charge in [0.2, 0.25) is 10.0 Å². The number of hydrogen-bond acceptors (Lipinski definition) is 6. The molecule has 0 saturated carbocycles. The van der Waals surface area contributed by atoms with Crippen LogP contribution in [0.25, 0.3) is 10.4 Å². The van der Waals surface area contributed by atoms with Crippen LogP contribution >= 0.6 is 22.9 Å². The number of nitrogens with one attached hydrogen (secondary N) is 1. The van der Waals surface area contributed by atoms with Crippen molar-refractivity contribution in [2.75, 3.05) is 13.1 Å². The van der Waals surface area contributed by atoms with Crippen LogP contribution in [0.1, 0.15) is 28.6 Å². The van der Waals surface area contributed by atoms with Crippen LogP contribution in [0.5, 0.6) is 5.75 Å². The molecule has 0 aliphatic carbocycles. The van der Waals surface area contributed by atoms with E-state index < -0.39 is 10.0 Å². The summed E-state index contributed by atoms with van der Waals surface area (Å²) in [6, 6.07) is 7.51. The SMILES string of the molecule is CC(=O)c1ccc(-c2cc(Cl)c3c(c2)CC(CNS(=O)(=O)/C=C/C2=CCC=NC2)O3)s1. The monoisotopic (exact) mass is 476 g/mol. The summed E-state index contributed by atoms with van der Waals surface area (Å²) in [6.45, 7) is 2.17. The van der Waals surface area contributed by atoms with E-state index in [9.17, 15) is 13.2 Å². The molecule has 1 atom stereocenters. The zero-order valence-corrected chi connectivity index (χ0v) is 19.2. The second-order valence-corrected chi connectivity index (χ2v) is 10.5. The summed E-state index contributed by atoms with van der Waals surface area (Å²) in [5, 5.41) is 1.64. The molecule has 1 unspecified atom stereocenters. The normalized spacial score (nSPS) is 18.1. The van der Waals surface area contributed by atoms with Gasteiger partial charge in [0.15, 0.2) is 5.78 Å². The maximum atomic E-state index is 12.3. The first-order valence-corrected chi connectivity index (χ1v) is 12.5. The third kappa shape index (κ3) is 5.33. The number of dihydropyridines is 1. The van der Waals surface area contributed by atoms with Gasteiger partial charge in [-0.3, -0.25) is 9.79 Å². The summed E-state index contributed by atoms with van der Waals surface area (Å²) in [5.74, 6) is 0.611. The molecule has 0 bridgehead atoms. The van der Waals surface area contributed by atoms with E-state index in [0.717, 1.165) is 27.0 Å². The van der Waals surface area contributed by atoms with Crippen LogP contribution < -0.4 is 9.46 Å². The first-order chi connectivity index (χ1) is 14.8. The van der Waals surface area contributed by atoms with Crippen molar-refractivity contribution in [3.63, 3.8) is 0 Å². The smallest absolute Gasteiger partial charge is 0.233 e. The summed E-state index contributed by atoms with van der Waals surface area (Å²) in [7, 11) is -3.59. The molecule has 6 nitrogen and oxygen atoms in total. The van der Waals surface area contributed by atoms with Crippen molar-refractivity contribution in [2.45, 2.75) is 25.9 Å². The molecular formula is C22H21ClN2O4S2. The number of fused-ring (bicyclic) bond motifs is 1. The number of carbonyl (C=O) groups excluding carboxylic acids is 1. The molecule has 1 aromatic carbocycles. The van der Waals surface area contributed by atoms with E-state index in [1.54, 1.807) is 25.3 Å². The topological polar surface area (TPSA) is 84.8 Å². The molecule has 0 saturated heterocycles. The lowest BCUT2D eigenvalue weighted by atomic mass is 10.1. The Morgan fingerprint density at radius 2 is 2.23 bits per heavy atom. The van der Waals surface area contributed by atoms with Crippen molar-refractivity contribution in [3.05, 3.63) is 62.9 Å². The van der Waals surface area contributed by atoms with Crippen LogP contribution in [0.4, 0.5) is 0 Å². The molecule has 9 heteroatoms. The van der Waals surface area contributed by atoms with Gasteiger partial charge in [0.25, 0.3) is 0 Å². The molecule has 162 valence electrons. The van der Waals surface area contributed by atoms with Crippen LogP contribution in [-0.4, -0.2) is 39.6 Å². The van der Waals surface area contributed by atoms with Crippen molar-refractivity contribution < 1.29 is 17.9 Å². The molecular weight excluding hydrogens is 456 g/mol. The molecule has 0 radical (unpaired) electrons. The van der Waals surface area contributed by atoms with Gasteiger partial charge in [-0.05, 0) is 48.4 Å². The van der Waals surface area contributed by atoms with Crippen molar-refractivity contribution in [1.82, 2.24) is 4.72 Å². The zero-order chi connectivity index (χ0) is 22.0. The third-order valence-electron chi connectivity index (χ3n) is 4.95. The van der Waals surface area contributed by atoms with Crippen LogP contribution in [0.3, 0.4) is 0 Å². The summed E-state index contributed by atoms with van der Waals surface area (Å²) in [6.07, 6.45) is 6.23. The Bertz CT molecular complexity index is 1210. The number of carbonyl (C=O) groups is 1. The number of sulfonamides is 1. The lowest BCUT2D eigenvalue weighted by Gasteiger charge is -2.11. The lowest BCUT2D eigenvalue weighted by molar-refractivity contribution is 0.102. The van der Waals surface area contributed by atoms with E-state index in [1.807, 2.05) is 24.3 Å². The minimum absolute atomic E-state index is 0.0285. The maximum absolute atomic E-state index is 12.3. The van der Waals surface area contributed by atoms with Crippen LogP contribution in [0.15, 0.2) is 52.4 Å². The first kappa shape index (κ1) is 22.0. The number of Topliss-reactive ketones (excluding diaryl/α,β-unsaturated/α-hetero) is 1. The van der Waals surface area contributed by atoms with Crippen LogP contribution in [-0.2, 0) is 16.4 Å². The Hall–Kier alpha value is -2.26. The predicted octanol–water partition coefficient (Wildman–Crippen LogP) is 4.41. The number of rotatable bonds is 7. The Balaban J connectivity index is 1.41. The van der Waals surface area contributed by atoms with Gasteiger partial charge in [0.1, 0.15) is 11.9 Å². The van der Waals surface area contributed by atoms with Gasteiger partial charge in [-0.25, -0.2) is 13.1 Å². The fourth-order valence-electron chi connectivity index (χ4n) is 3.39. The second kappa shape index (κ2) is 9.08. The molecule has 2 aromatic rings. The van der Waals surface area contributed by atoms with Gasteiger partial charge in [0.05, 0.1) is 16.4 Å². The molecule has 1 N–H and O–H groups in total. The zero-order valence-electron chi connectivity index (χ0n) is 16.8. The van der Waals surface area contributed by atoms with Gasteiger partial charge >= 0.3 is 0 Å². The van der Waals surface area contributed by atoms with E-state index in [1.165, 1.54) is 11.3 Å². The Labute approximate surface area is 190 Å². The van der Waals surface area contributed by atoms with Crippen LogP contribution in [0.2, 0.25) is 5.02 Å². The second-order valence-electron chi connectivity index (χ2n) is 7.34. The fourth-order valence-corrected chi connectivity index (χ4v) is 5.43.